The lowest BCUT2D eigenvalue weighted by molar-refractivity contribution is -0.137. The largest absolute Gasteiger partial charge is 0.460 e. The maximum absolute atomic E-state index is 13.0. The highest BCUT2D eigenvalue weighted by Crippen LogP contribution is 2.16. The molecule has 9 heteroatoms. The Morgan fingerprint density at radius 3 is 2.83 bits per heavy atom. The van der Waals surface area contributed by atoms with E-state index in [0.29, 0.717) is 5.56 Å². The van der Waals surface area contributed by atoms with E-state index < -0.39 is 23.6 Å². The van der Waals surface area contributed by atoms with Crippen molar-refractivity contribution in [2.24, 2.45) is 0 Å². The molecule has 0 aliphatic carbocycles. The lowest BCUT2D eigenvalue weighted by atomic mass is 10.2. The van der Waals surface area contributed by atoms with Crippen LogP contribution in [0.5, 0.6) is 0 Å². The molecule has 2 rings (SSSR count). The van der Waals surface area contributed by atoms with Gasteiger partial charge in [0, 0.05) is 11.9 Å². The van der Waals surface area contributed by atoms with Crippen molar-refractivity contribution in [1.82, 2.24) is 10.3 Å². The van der Waals surface area contributed by atoms with E-state index in [1.165, 1.54) is 17.5 Å². The van der Waals surface area contributed by atoms with Crippen LogP contribution in [0, 0.1) is 5.82 Å². The van der Waals surface area contributed by atoms with Gasteiger partial charge in [-0.05, 0) is 24.6 Å². The summed E-state index contributed by atoms with van der Waals surface area (Å²) in [7, 11) is 0. The molecule has 0 atom stereocenters. The molecule has 0 unspecified atom stereocenters. The van der Waals surface area contributed by atoms with Gasteiger partial charge in [-0.3, -0.25) is 10.1 Å². The number of urea groups is 1. The smallest absolute Gasteiger partial charge is 0.381 e. The van der Waals surface area contributed by atoms with Crippen molar-refractivity contribution in [1.29, 1.82) is 0 Å². The lowest BCUT2D eigenvalue weighted by Gasteiger charge is -2.05. The van der Waals surface area contributed by atoms with E-state index in [0.717, 1.165) is 11.3 Å². The monoisotopic (exact) mass is 351 g/mol. The molecule has 0 saturated heterocycles. The normalized spacial score (nSPS) is 10.1. The number of benzene rings is 1. The van der Waals surface area contributed by atoms with E-state index in [4.69, 9.17) is 0 Å². The van der Waals surface area contributed by atoms with Crippen molar-refractivity contribution in [3.05, 3.63) is 46.7 Å². The summed E-state index contributed by atoms with van der Waals surface area (Å²) < 4.78 is 17.6. The SMILES string of the molecule is CCOC(=O)C(=O)c1csc(NC(=O)NCc2cccc(F)c2)n1. The predicted octanol–water partition coefficient (Wildman–Crippen LogP) is 2.35. The molecule has 0 bridgehead atoms. The Kier molecular flexibility index (Phi) is 5.96. The van der Waals surface area contributed by atoms with Gasteiger partial charge in [0.15, 0.2) is 5.13 Å². The van der Waals surface area contributed by atoms with Gasteiger partial charge < -0.3 is 10.1 Å². The second kappa shape index (κ2) is 8.16. The Morgan fingerprint density at radius 1 is 1.33 bits per heavy atom. The molecule has 126 valence electrons. The number of amides is 2. The fraction of sp³-hybridized carbons (Fsp3) is 0.200. The van der Waals surface area contributed by atoms with Gasteiger partial charge in [0.2, 0.25) is 0 Å². The second-order valence-corrected chi connectivity index (χ2v) is 5.38. The standard InChI is InChI=1S/C15H14FN3O4S/c1-2-23-13(21)12(20)11-8-24-15(18-11)19-14(22)17-7-9-4-3-5-10(16)6-9/h3-6,8H,2,7H2,1H3,(H2,17,18,19,22). The van der Waals surface area contributed by atoms with E-state index in [2.05, 4.69) is 20.4 Å². The highest BCUT2D eigenvalue weighted by molar-refractivity contribution is 7.14. The zero-order valence-electron chi connectivity index (χ0n) is 12.7. The number of nitrogens with zero attached hydrogens (tertiary/aromatic N) is 1. The molecule has 0 aliphatic rings. The molecular weight excluding hydrogens is 337 g/mol. The molecule has 0 spiro atoms. The highest BCUT2D eigenvalue weighted by atomic mass is 32.1. The van der Waals surface area contributed by atoms with Crippen molar-refractivity contribution in [3.63, 3.8) is 0 Å². The van der Waals surface area contributed by atoms with Crippen LogP contribution < -0.4 is 10.6 Å². The number of aromatic nitrogens is 1. The molecule has 0 fully saturated rings. The molecule has 2 N–H and O–H groups in total. The number of Topliss-reactive ketones (excluding diaryl/α,β-unsaturated/α-hetero) is 1. The zero-order valence-corrected chi connectivity index (χ0v) is 13.5. The van der Waals surface area contributed by atoms with Crippen LogP contribution in [0.3, 0.4) is 0 Å². The third kappa shape index (κ3) is 4.85. The van der Waals surface area contributed by atoms with Crippen molar-refractivity contribution in [2.45, 2.75) is 13.5 Å². The molecule has 7 nitrogen and oxygen atoms in total. The third-order valence-corrected chi connectivity index (χ3v) is 3.52. The molecule has 0 aliphatic heterocycles. The molecule has 0 saturated carbocycles. The molecule has 1 heterocycles. The van der Waals surface area contributed by atoms with E-state index >= 15 is 0 Å². The third-order valence-electron chi connectivity index (χ3n) is 2.76. The van der Waals surface area contributed by atoms with Crippen LogP contribution >= 0.6 is 11.3 Å². The minimum Gasteiger partial charge on any atom is -0.460 e. The number of ketones is 1. The van der Waals surface area contributed by atoms with Crippen molar-refractivity contribution in [2.75, 3.05) is 11.9 Å². The van der Waals surface area contributed by atoms with Crippen molar-refractivity contribution < 1.29 is 23.5 Å². The van der Waals surface area contributed by atoms with Crippen LogP contribution in [0.2, 0.25) is 0 Å². The summed E-state index contributed by atoms with van der Waals surface area (Å²) in [5.41, 5.74) is 0.501. The van der Waals surface area contributed by atoms with Crippen LogP contribution in [0.1, 0.15) is 23.0 Å². The fourth-order valence-corrected chi connectivity index (χ4v) is 2.39. The van der Waals surface area contributed by atoms with Crippen molar-refractivity contribution in [3.8, 4) is 0 Å². The quantitative estimate of drug-likeness (QED) is 0.473. The van der Waals surface area contributed by atoms with Gasteiger partial charge in [-0.1, -0.05) is 12.1 Å². The molecule has 0 radical (unpaired) electrons. The summed E-state index contributed by atoms with van der Waals surface area (Å²) in [6, 6.07) is 5.26. The maximum atomic E-state index is 13.0. The number of anilines is 1. The number of carbonyl (C=O) groups excluding carboxylic acids is 3. The Bertz CT molecular complexity index is 763. The van der Waals surface area contributed by atoms with E-state index in [1.807, 2.05) is 0 Å². The van der Waals surface area contributed by atoms with Crippen LogP contribution in [0.4, 0.5) is 14.3 Å². The zero-order chi connectivity index (χ0) is 17.5. The number of rotatable bonds is 6. The minimum atomic E-state index is -0.995. The fourth-order valence-electron chi connectivity index (χ4n) is 1.71. The van der Waals surface area contributed by atoms with Crippen molar-refractivity contribution >= 4 is 34.3 Å². The first-order valence-electron chi connectivity index (χ1n) is 6.96. The number of esters is 1. The van der Waals surface area contributed by atoms with Crippen LogP contribution in [-0.2, 0) is 16.1 Å². The Morgan fingerprint density at radius 2 is 2.12 bits per heavy atom. The van der Waals surface area contributed by atoms with Crippen LogP contribution in [0.25, 0.3) is 0 Å². The average Bonchev–Trinajstić information content (AvgIpc) is 3.01. The molecule has 2 aromatic rings. The number of halogens is 1. The summed E-state index contributed by atoms with van der Waals surface area (Å²) in [5.74, 6) is -2.26. The first-order chi connectivity index (χ1) is 11.5. The van der Waals surface area contributed by atoms with Gasteiger partial charge in [-0.2, -0.15) is 0 Å². The number of carbonyl (C=O) groups is 3. The number of ether oxygens (including phenoxy) is 1. The number of hydrogen-bond acceptors (Lipinski definition) is 6. The van der Waals surface area contributed by atoms with Crippen LogP contribution in [0.15, 0.2) is 29.6 Å². The first kappa shape index (κ1) is 17.5. The molecule has 24 heavy (non-hydrogen) atoms. The van der Waals surface area contributed by atoms with Gasteiger partial charge >= 0.3 is 12.0 Å². The molecule has 1 aromatic carbocycles. The maximum Gasteiger partial charge on any atom is 0.381 e. The predicted molar refractivity (Wildman–Crippen MR) is 85.3 cm³/mol. The molecule has 2 amide bonds. The van der Waals surface area contributed by atoms with Crippen LogP contribution in [-0.4, -0.2) is 29.4 Å². The molecule has 1 aromatic heterocycles. The first-order valence-corrected chi connectivity index (χ1v) is 7.84. The van der Waals surface area contributed by atoms with Gasteiger partial charge in [0.1, 0.15) is 11.5 Å². The van der Waals surface area contributed by atoms with E-state index in [9.17, 15) is 18.8 Å². The van der Waals surface area contributed by atoms with E-state index in [1.54, 1.807) is 19.1 Å². The summed E-state index contributed by atoms with van der Waals surface area (Å²) in [6.45, 7) is 1.80. The Hall–Kier alpha value is -2.81. The number of hydrogen-bond donors (Lipinski definition) is 2. The minimum absolute atomic E-state index is 0.0856. The Labute approximate surface area is 140 Å². The topological polar surface area (TPSA) is 97.4 Å². The second-order valence-electron chi connectivity index (χ2n) is 4.53. The summed E-state index contributed by atoms with van der Waals surface area (Å²) in [4.78, 5) is 38.6. The number of thiazole rings is 1. The van der Waals surface area contributed by atoms with Gasteiger partial charge in [-0.25, -0.2) is 19.0 Å². The Balaban J connectivity index is 1.88. The summed E-state index contributed by atoms with van der Waals surface area (Å²) in [5, 5.41) is 6.46. The molecular formula is C15H14FN3O4S. The summed E-state index contributed by atoms with van der Waals surface area (Å²) >= 11 is 0.994. The van der Waals surface area contributed by atoms with Gasteiger partial charge in [0.25, 0.3) is 5.78 Å². The highest BCUT2D eigenvalue weighted by Gasteiger charge is 2.21. The number of nitrogens with one attached hydrogen (secondary N) is 2. The lowest BCUT2D eigenvalue weighted by Crippen LogP contribution is -2.28. The van der Waals surface area contributed by atoms with Gasteiger partial charge in [0.05, 0.1) is 6.61 Å². The van der Waals surface area contributed by atoms with E-state index in [-0.39, 0.29) is 24.0 Å². The summed E-state index contributed by atoms with van der Waals surface area (Å²) in [6.07, 6.45) is 0. The average molecular weight is 351 g/mol. The van der Waals surface area contributed by atoms with Gasteiger partial charge in [-0.15, -0.1) is 11.3 Å².